The van der Waals surface area contributed by atoms with Crippen molar-refractivity contribution in [2.24, 2.45) is 0 Å². The molecule has 0 aromatic carbocycles. The zero-order valence-corrected chi connectivity index (χ0v) is 17.7. The Balaban J connectivity index is -0.000000284. The molecule has 142 valence electrons. The zero-order valence-electron chi connectivity index (χ0n) is 17.7. The lowest BCUT2D eigenvalue weighted by atomic mass is 10.0. The molecule has 0 heterocycles. The fraction of sp³-hybridized carbons (Fsp3) is 0.950. The van der Waals surface area contributed by atoms with Crippen molar-refractivity contribution in [3.8, 4) is 0 Å². The van der Waals surface area contributed by atoms with Gasteiger partial charge in [-0.2, -0.15) is 0 Å². The van der Waals surface area contributed by atoms with Gasteiger partial charge >= 0.3 is 5.97 Å². The smallest absolute Gasteiger partial charge is 0.302 e. The molecule has 0 atom stereocenters. The topological polar surface area (TPSA) is 35.5 Å². The first-order valence-electron chi connectivity index (χ1n) is 9.35. The Morgan fingerprint density at radius 3 is 1.26 bits per heavy atom. The summed E-state index contributed by atoms with van der Waals surface area (Å²) in [7, 11) is 0. The summed E-state index contributed by atoms with van der Waals surface area (Å²) < 4.78 is 10.3. The van der Waals surface area contributed by atoms with Gasteiger partial charge in [-0.1, -0.05) is 53.4 Å². The van der Waals surface area contributed by atoms with Crippen molar-refractivity contribution >= 4 is 5.97 Å². The summed E-state index contributed by atoms with van der Waals surface area (Å²) in [5.41, 5.74) is 0.0546. The molecule has 0 aromatic heterocycles. The van der Waals surface area contributed by atoms with Gasteiger partial charge in [-0.25, -0.2) is 0 Å². The standard InChI is InChI=1S/C10H22O.C6H14.C4H8O2/c1-7-9(3,4)11-10(5,6)8-2;1-3-5-6-4-2;1-3-6-4(2)5/h7-8H2,1-6H3;3-6H2,1-2H3;3H2,1-2H3. The van der Waals surface area contributed by atoms with E-state index in [4.69, 9.17) is 4.74 Å². The first-order valence-corrected chi connectivity index (χ1v) is 9.35. The number of esters is 1. The maximum absolute atomic E-state index is 9.82. The molecule has 3 heteroatoms. The van der Waals surface area contributed by atoms with E-state index in [-0.39, 0.29) is 17.2 Å². The van der Waals surface area contributed by atoms with Crippen molar-refractivity contribution in [2.75, 3.05) is 6.61 Å². The minimum atomic E-state index is -0.211. The van der Waals surface area contributed by atoms with Gasteiger partial charge in [0.15, 0.2) is 0 Å². The third-order valence-corrected chi connectivity index (χ3v) is 3.56. The Kier molecular flexibility index (Phi) is 19.3. The van der Waals surface area contributed by atoms with Crippen LogP contribution in [-0.2, 0) is 14.3 Å². The van der Waals surface area contributed by atoms with Gasteiger partial charge in [-0.15, -0.1) is 0 Å². The van der Waals surface area contributed by atoms with Gasteiger partial charge in [0, 0.05) is 6.92 Å². The molecule has 0 bridgehead atoms. The summed E-state index contributed by atoms with van der Waals surface area (Å²) in [6.45, 7) is 21.0. The number of rotatable bonds is 8. The number of ether oxygens (including phenoxy) is 2. The number of carbonyl (C=O) groups excluding carboxylic acids is 1. The van der Waals surface area contributed by atoms with E-state index in [2.05, 4.69) is 60.1 Å². The molecule has 0 saturated heterocycles. The maximum Gasteiger partial charge on any atom is 0.302 e. The minimum Gasteiger partial charge on any atom is -0.466 e. The van der Waals surface area contributed by atoms with Crippen LogP contribution in [0.1, 0.15) is 108 Å². The molecule has 0 saturated carbocycles. The van der Waals surface area contributed by atoms with E-state index >= 15 is 0 Å². The molecule has 0 aliphatic carbocycles. The first kappa shape index (κ1) is 27.3. The predicted octanol–water partition coefficient (Wildman–Crippen LogP) is 6.54. The highest BCUT2D eigenvalue weighted by atomic mass is 16.5. The maximum atomic E-state index is 9.82. The van der Waals surface area contributed by atoms with Crippen LogP contribution >= 0.6 is 0 Å². The molecule has 0 amide bonds. The summed E-state index contributed by atoms with van der Waals surface area (Å²) in [5.74, 6) is -0.211. The van der Waals surface area contributed by atoms with Gasteiger partial charge < -0.3 is 9.47 Å². The summed E-state index contributed by atoms with van der Waals surface area (Å²) in [6.07, 6.45) is 7.67. The summed E-state index contributed by atoms with van der Waals surface area (Å²) in [5, 5.41) is 0. The Morgan fingerprint density at radius 2 is 1.13 bits per heavy atom. The minimum absolute atomic E-state index is 0.0273. The van der Waals surface area contributed by atoms with Gasteiger partial charge in [0.05, 0.1) is 17.8 Å². The average molecular weight is 333 g/mol. The van der Waals surface area contributed by atoms with Crippen LogP contribution in [0, 0.1) is 0 Å². The second kappa shape index (κ2) is 16.3. The van der Waals surface area contributed by atoms with Gasteiger partial charge in [0.1, 0.15) is 0 Å². The molecule has 0 unspecified atom stereocenters. The van der Waals surface area contributed by atoms with E-state index in [0.717, 1.165) is 12.8 Å². The molecule has 0 radical (unpaired) electrons. The average Bonchev–Trinajstić information content (AvgIpc) is 2.45. The van der Waals surface area contributed by atoms with Crippen LogP contribution in [0.3, 0.4) is 0 Å². The van der Waals surface area contributed by atoms with Crippen LogP contribution in [0.25, 0.3) is 0 Å². The second-order valence-electron chi connectivity index (χ2n) is 6.96. The number of carbonyl (C=O) groups is 1. The molecule has 0 aliphatic heterocycles. The molecule has 0 aliphatic rings. The van der Waals surface area contributed by atoms with E-state index in [9.17, 15) is 4.79 Å². The largest absolute Gasteiger partial charge is 0.466 e. The van der Waals surface area contributed by atoms with Crippen molar-refractivity contribution in [3.05, 3.63) is 0 Å². The van der Waals surface area contributed by atoms with E-state index in [1.54, 1.807) is 6.92 Å². The number of unbranched alkanes of at least 4 members (excludes halogenated alkanes) is 3. The highest BCUT2D eigenvalue weighted by molar-refractivity contribution is 5.65. The van der Waals surface area contributed by atoms with Gasteiger partial charge in [-0.3, -0.25) is 4.79 Å². The number of hydrogen-bond acceptors (Lipinski definition) is 3. The molecular weight excluding hydrogens is 288 g/mol. The van der Waals surface area contributed by atoms with Gasteiger partial charge in [-0.05, 0) is 47.5 Å². The third kappa shape index (κ3) is 26.6. The Labute approximate surface area is 146 Å². The van der Waals surface area contributed by atoms with Crippen molar-refractivity contribution in [1.29, 1.82) is 0 Å². The predicted molar refractivity (Wildman–Crippen MR) is 102 cm³/mol. The molecular formula is C20H44O3. The van der Waals surface area contributed by atoms with Crippen molar-refractivity contribution in [3.63, 3.8) is 0 Å². The molecule has 0 N–H and O–H groups in total. The van der Waals surface area contributed by atoms with E-state index < -0.39 is 0 Å². The zero-order chi connectivity index (χ0) is 18.9. The van der Waals surface area contributed by atoms with E-state index in [1.807, 2.05) is 0 Å². The quantitative estimate of drug-likeness (QED) is 0.374. The molecule has 0 rings (SSSR count). The highest BCUT2D eigenvalue weighted by Crippen LogP contribution is 2.24. The van der Waals surface area contributed by atoms with Crippen molar-refractivity contribution < 1.29 is 14.3 Å². The fourth-order valence-electron chi connectivity index (χ4n) is 1.60. The van der Waals surface area contributed by atoms with Crippen LogP contribution in [0.15, 0.2) is 0 Å². The summed E-state index contributed by atoms with van der Waals surface area (Å²) in [6, 6.07) is 0. The Bertz CT molecular complexity index is 240. The fourth-order valence-corrected chi connectivity index (χ4v) is 1.60. The summed E-state index contributed by atoms with van der Waals surface area (Å²) in [4.78, 5) is 9.82. The van der Waals surface area contributed by atoms with Crippen LogP contribution in [0.2, 0.25) is 0 Å². The monoisotopic (exact) mass is 332 g/mol. The second-order valence-corrected chi connectivity index (χ2v) is 6.96. The van der Waals surface area contributed by atoms with Gasteiger partial charge in [0.2, 0.25) is 0 Å². The molecule has 3 nitrogen and oxygen atoms in total. The van der Waals surface area contributed by atoms with E-state index in [0.29, 0.717) is 6.61 Å². The Morgan fingerprint density at radius 1 is 0.783 bits per heavy atom. The normalized spacial score (nSPS) is 10.9. The third-order valence-electron chi connectivity index (χ3n) is 3.56. The van der Waals surface area contributed by atoms with Crippen LogP contribution < -0.4 is 0 Å². The lowest BCUT2D eigenvalue weighted by Gasteiger charge is -2.34. The van der Waals surface area contributed by atoms with Crippen molar-refractivity contribution in [1.82, 2.24) is 0 Å². The molecule has 0 aromatic rings. The van der Waals surface area contributed by atoms with Crippen LogP contribution in [0.5, 0.6) is 0 Å². The number of hydrogen-bond donors (Lipinski definition) is 0. The lowest BCUT2D eigenvalue weighted by molar-refractivity contribution is -0.140. The SMILES string of the molecule is CCC(C)(C)OC(C)(C)CC.CCCCCC.CCOC(C)=O. The Hall–Kier alpha value is -0.570. The molecule has 0 fully saturated rings. The van der Waals surface area contributed by atoms with Crippen LogP contribution in [-0.4, -0.2) is 23.8 Å². The van der Waals surface area contributed by atoms with Crippen LogP contribution in [0.4, 0.5) is 0 Å². The lowest BCUT2D eigenvalue weighted by Crippen LogP contribution is -2.35. The highest BCUT2D eigenvalue weighted by Gasteiger charge is 2.25. The van der Waals surface area contributed by atoms with Crippen molar-refractivity contribution in [2.45, 2.75) is 119 Å². The molecule has 23 heavy (non-hydrogen) atoms. The van der Waals surface area contributed by atoms with Gasteiger partial charge in [0.25, 0.3) is 0 Å². The molecule has 0 spiro atoms. The van der Waals surface area contributed by atoms with E-state index in [1.165, 1.54) is 32.6 Å². The first-order chi connectivity index (χ1) is 10.5. The summed E-state index contributed by atoms with van der Waals surface area (Å²) >= 11 is 0.